The second-order valence-electron chi connectivity index (χ2n) is 6.05. The summed E-state index contributed by atoms with van der Waals surface area (Å²) in [5, 5.41) is 6.70. The highest BCUT2D eigenvalue weighted by Gasteiger charge is 2.34. The van der Waals surface area contributed by atoms with Gasteiger partial charge in [-0.1, -0.05) is 19.0 Å². The highest BCUT2D eigenvalue weighted by molar-refractivity contribution is 5.96. The smallest absolute Gasteiger partial charge is 0.324 e. The number of imide groups is 1. The second-order valence-corrected chi connectivity index (χ2v) is 6.05. The van der Waals surface area contributed by atoms with Crippen molar-refractivity contribution < 1.29 is 14.1 Å². The number of carbonyl (C=O) groups is 2. The summed E-state index contributed by atoms with van der Waals surface area (Å²) in [7, 11) is 0. The van der Waals surface area contributed by atoms with Crippen molar-refractivity contribution in [3.05, 3.63) is 11.7 Å². The monoisotopic (exact) mass is 307 g/mol. The number of hydrogen-bond donors (Lipinski definition) is 1. The summed E-state index contributed by atoms with van der Waals surface area (Å²) in [6.45, 7) is 5.98. The van der Waals surface area contributed by atoms with Crippen molar-refractivity contribution in [2.24, 2.45) is 0 Å². The Kier molecular flexibility index (Phi) is 4.10. The molecule has 2 saturated heterocycles. The van der Waals surface area contributed by atoms with Crippen LogP contribution >= 0.6 is 0 Å². The molecule has 2 aliphatic rings. The number of urea groups is 1. The highest BCUT2D eigenvalue weighted by Crippen LogP contribution is 2.30. The molecular weight excluding hydrogens is 286 g/mol. The number of rotatable bonds is 4. The summed E-state index contributed by atoms with van der Waals surface area (Å²) < 4.78 is 5.26. The summed E-state index contributed by atoms with van der Waals surface area (Å²) in [4.78, 5) is 31.6. The molecule has 1 N–H and O–H groups in total. The van der Waals surface area contributed by atoms with Gasteiger partial charge in [0.1, 0.15) is 0 Å². The van der Waals surface area contributed by atoms with E-state index in [1.807, 2.05) is 18.7 Å². The van der Waals surface area contributed by atoms with Crippen molar-refractivity contribution in [2.45, 2.75) is 38.6 Å². The molecule has 0 aliphatic carbocycles. The van der Waals surface area contributed by atoms with Crippen LogP contribution in [0.3, 0.4) is 0 Å². The molecule has 1 aromatic heterocycles. The fourth-order valence-corrected chi connectivity index (χ4v) is 2.89. The number of amides is 3. The molecule has 1 atom stereocenters. The number of nitrogens with zero attached hydrogens (tertiary/aromatic N) is 4. The molecule has 2 fully saturated rings. The standard InChI is InChI=1S/C14H21N5O3/c1-9(2)13-16-12(17-22-13)10-4-3-6-18(10)8-11(20)19-7-5-15-14(19)21/h9-10H,3-8H2,1-2H3,(H,15,21)/t10-/m1/s1. The van der Waals surface area contributed by atoms with Crippen LogP contribution in [0, 0.1) is 0 Å². The predicted octanol–water partition coefficient (Wildman–Crippen LogP) is 0.882. The third-order valence-corrected chi connectivity index (χ3v) is 4.11. The van der Waals surface area contributed by atoms with Crippen molar-refractivity contribution in [3.63, 3.8) is 0 Å². The Labute approximate surface area is 128 Å². The third-order valence-electron chi connectivity index (χ3n) is 4.11. The van der Waals surface area contributed by atoms with Gasteiger partial charge in [-0.05, 0) is 19.4 Å². The van der Waals surface area contributed by atoms with Crippen molar-refractivity contribution in [1.29, 1.82) is 0 Å². The zero-order valence-corrected chi connectivity index (χ0v) is 12.9. The van der Waals surface area contributed by atoms with Crippen LogP contribution in [-0.2, 0) is 4.79 Å². The maximum atomic E-state index is 12.3. The van der Waals surface area contributed by atoms with Gasteiger partial charge in [-0.15, -0.1) is 0 Å². The van der Waals surface area contributed by atoms with Gasteiger partial charge in [-0.2, -0.15) is 4.98 Å². The fourth-order valence-electron chi connectivity index (χ4n) is 2.89. The van der Waals surface area contributed by atoms with E-state index in [-0.39, 0.29) is 30.4 Å². The molecule has 0 unspecified atom stereocenters. The van der Waals surface area contributed by atoms with Crippen LogP contribution in [0.25, 0.3) is 0 Å². The summed E-state index contributed by atoms with van der Waals surface area (Å²) in [6, 6.07) is -0.312. The minimum atomic E-state index is -0.303. The number of likely N-dealkylation sites (tertiary alicyclic amines) is 1. The van der Waals surface area contributed by atoms with Crippen LogP contribution in [0.1, 0.15) is 50.4 Å². The SMILES string of the molecule is CC(C)c1nc([C@H]2CCCN2CC(=O)N2CCNC2=O)no1. The fraction of sp³-hybridized carbons (Fsp3) is 0.714. The largest absolute Gasteiger partial charge is 0.339 e. The molecule has 1 aromatic rings. The van der Waals surface area contributed by atoms with Gasteiger partial charge in [0.2, 0.25) is 11.8 Å². The third kappa shape index (κ3) is 2.83. The van der Waals surface area contributed by atoms with Gasteiger partial charge >= 0.3 is 6.03 Å². The minimum Gasteiger partial charge on any atom is -0.339 e. The van der Waals surface area contributed by atoms with Gasteiger partial charge in [-0.25, -0.2) is 4.79 Å². The van der Waals surface area contributed by atoms with Gasteiger partial charge in [0, 0.05) is 19.0 Å². The molecule has 8 nitrogen and oxygen atoms in total. The van der Waals surface area contributed by atoms with E-state index < -0.39 is 0 Å². The van der Waals surface area contributed by atoms with Crippen LogP contribution in [0.15, 0.2) is 4.52 Å². The first kappa shape index (κ1) is 15.0. The van der Waals surface area contributed by atoms with Gasteiger partial charge in [0.25, 0.3) is 0 Å². The van der Waals surface area contributed by atoms with Crippen LogP contribution in [0.2, 0.25) is 0 Å². The Balaban J connectivity index is 1.67. The van der Waals surface area contributed by atoms with E-state index in [9.17, 15) is 9.59 Å². The summed E-state index contributed by atoms with van der Waals surface area (Å²) in [5.41, 5.74) is 0. The Morgan fingerprint density at radius 3 is 2.91 bits per heavy atom. The first-order chi connectivity index (χ1) is 10.6. The molecule has 120 valence electrons. The predicted molar refractivity (Wildman–Crippen MR) is 77.0 cm³/mol. The number of hydrogen-bond acceptors (Lipinski definition) is 6. The second kappa shape index (κ2) is 6.04. The Bertz CT molecular complexity index is 571. The van der Waals surface area contributed by atoms with Gasteiger partial charge in [0.05, 0.1) is 12.6 Å². The molecule has 0 aromatic carbocycles. The van der Waals surface area contributed by atoms with Gasteiger partial charge < -0.3 is 9.84 Å². The van der Waals surface area contributed by atoms with Crippen LogP contribution < -0.4 is 5.32 Å². The highest BCUT2D eigenvalue weighted by atomic mass is 16.5. The molecule has 3 rings (SSSR count). The van der Waals surface area contributed by atoms with Crippen molar-refractivity contribution in [1.82, 2.24) is 25.3 Å². The topological polar surface area (TPSA) is 91.6 Å². The van der Waals surface area contributed by atoms with E-state index in [1.54, 1.807) is 0 Å². The van der Waals surface area contributed by atoms with Crippen molar-refractivity contribution >= 4 is 11.9 Å². The molecule has 0 bridgehead atoms. The molecule has 3 amide bonds. The average Bonchev–Trinajstić information content (AvgIpc) is 3.17. The van der Waals surface area contributed by atoms with Crippen LogP contribution in [0.5, 0.6) is 0 Å². The first-order valence-corrected chi connectivity index (χ1v) is 7.72. The number of aromatic nitrogens is 2. The van der Waals surface area contributed by atoms with Crippen molar-refractivity contribution in [3.8, 4) is 0 Å². The minimum absolute atomic E-state index is 0.00846. The van der Waals surface area contributed by atoms with E-state index in [0.29, 0.717) is 24.8 Å². The summed E-state index contributed by atoms with van der Waals surface area (Å²) >= 11 is 0. The van der Waals surface area contributed by atoms with E-state index in [1.165, 1.54) is 4.90 Å². The molecule has 22 heavy (non-hydrogen) atoms. The van der Waals surface area contributed by atoms with E-state index in [4.69, 9.17) is 4.52 Å². The first-order valence-electron chi connectivity index (χ1n) is 7.72. The maximum Gasteiger partial charge on any atom is 0.324 e. The molecule has 0 saturated carbocycles. The maximum absolute atomic E-state index is 12.3. The van der Waals surface area contributed by atoms with E-state index >= 15 is 0 Å². The number of carbonyl (C=O) groups excluding carboxylic acids is 2. The van der Waals surface area contributed by atoms with E-state index in [0.717, 1.165) is 19.4 Å². The lowest BCUT2D eigenvalue weighted by Crippen LogP contribution is -2.41. The average molecular weight is 307 g/mol. The van der Waals surface area contributed by atoms with Gasteiger partial charge in [-0.3, -0.25) is 14.6 Å². The van der Waals surface area contributed by atoms with Crippen molar-refractivity contribution in [2.75, 3.05) is 26.2 Å². The zero-order chi connectivity index (χ0) is 15.7. The molecule has 8 heteroatoms. The quantitative estimate of drug-likeness (QED) is 0.888. The summed E-state index contributed by atoms with van der Waals surface area (Å²) in [6.07, 6.45) is 1.88. The van der Waals surface area contributed by atoms with Crippen LogP contribution in [-0.4, -0.2) is 58.1 Å². The summed E-state index contributed by atoms with van der Waals surface area (Å²) in [5.74, 6) is 1.27. The molecule has 3 heterocycles. The Morgan fingerprint density at radius 1 is 1.45 bits per heavy atom. The van der Waals surface area contributed by atoms with E-state index in [2.05, 4.69) is 15.5 Å². The molecule has 2 aliphatic heterocycles. The Hall–Kier alpha value is -1.96. The lowest BCUT2D eigenvalue weighted by atomic mass is 10.2. The Morgan fingerprint density at radius 2 is 2.27 bits per heavy atom. The lowest BCUT2D eigenvalue weighted by Gasteiger charge is -2.23. The van der Waals surface area contributed by atoms with Crippen LogP contribution in [0.4, 0.5) is 4.79 Å². The molecule has 0 radical (unpaired) electrons. The normalized spacial score (nSPS) is 22.6. The molecule has 0 spiro atoms. The number of nitrogens with one attached hydrogen (secondary N) is 1. The lowest BCUT2D eigenvalue weighted by molar-refractivity contribution is -0.129. The molecular formula is C14H21N5O3. The zero-order valence-electron chi connectivity index (χ0n) is 12.9. The van der Waals surface area contributed by atoms with Gasteiger partial charge in [0.15, 0.2) is 5.82 Å².